The third-order valence-electron chi connectivity index (χ3n) is 2.14. The highest BCUT2D eigenvalue weighted by Gasteiger charge is 2.14. The summed E-state index contributed by atoms with van der Waals surface area (Å²) in [6.07, 6.45) is 3.35. The van der Waals surface area contributed by atoms with Gasteiger partial charge in [0.15, 0.2) is 0 Å². The number of hydrogen-bond acceptors (Lipinski definition) is 2. The van der Waals surface area contributed by atoms with Crippen molar-refractivity contribution in [3.05, 3.63) is 35.4 Å². The summed E-state index contributed by atoms with van der Waals surface area (Å²) in [4.78, 5) is 5.57. The van der Waals surface area contributed by atoms with Crippen molar-refractivity contribution in [1.82, 2.24) is 4.90 Å². The molecule has 2 rings (SSSR count). The Morgan fingerprint density at radius 1 is 1.31 bits per heavy atom. The quantitative estimate of drug-likeness (QED) is 0.365. The second-order valence-electron chi connectivity index (χ2n) is 3.02. The van der Waals surface area contributed by atoms with E-state index in [1.54, 1.807) is 12.5 Å². The molecule has 3 heteroatoms. The molecule has 0 saturated heterocycles. The molecule has 1 aliphatic heterocycles. The Morgan fingerprint density at radius 2 is 1.92 bits per heavy atom. The third-order valence-corrected chi connectivity index (χ3v) is 2.14. The molecule has 1 aliphatic rings. The number of nitrogens with zero attached hydrogens (tertiary/aromatic N) is 3. The number of fused-ring (bicyclic) bond motifs is 1. The van der Waals surface area contributed by atoms with Crippen molar-refractivity contribution < 1.29 is 0 Å². The van der Waals surface area contributed by atoms with Crippen LogP contribution in [0, 0.1) is 11.5 Å². The second kappa shape index (κ2) is 3.28. The van der Waals surface area contributed by atoms with Crippen molar-refractivity contribution in [3.63, 3.8) is 0 Å². The van der Waals surface area contributed by atoms with Crippen LogP contribution in [0.4, 0.5) is 0 Å². The number of nitriles is 1. The molecule has 0 saturated carbocycles. The van der Waals surface area contributed by atoms with Crippen LogP contribution in [0.3, 0.4) is 0 Å². The Balaban J connectivity index is 2.15. The van der Waals surface area contributed by atoms with E-state index in [0.717, 1.165) is 13.1 Å². The summed E-state index contributed by atoms with van der Waals surface area (Å²) in [6, 6.07) is 8.28. The normalized spacial score (nSPS) is 14.5. The van der Waals surface area contributed by atoms with E-state index in [9.17, 15) is 0 Å². The highest BCUT2D eigenvalue weighted by Crippen LogP contribution is 2.20. The Morgan fingerprint density at radius 3 is 2.46 bits per heavy atom. The average molecular weight is 171 g/mol. The van der Waals surface area contributed by atoms with Crippen molar-refractivity contribution >= 4 is 6.34 Å². The number of aliphatic imine (C=N–C) groups is 1. The van der Waals surface area contributed by atoms with Crippen molar-refractivity contribution in [3.8, 4) is 6.19 Å². The van der Waals surface area contributed by atoms with Gasteiger partial charge in [0, 0.05) is 13.1 Å². The van der Waals surface area contributed by atoms with Gasteiger partial charge in [-0.3, -0.25) is 0 Å². The molecule has 0 atom stereocenters. The maximum atomic E-state index is 8.27. The van der Waals surface area contributed by atoms with E-state index in [1.807, 2.05) is 17.0 Å². The molecule has 0 radical (unpaired) electrons. The van der Waals surface area contributed by atoms with Gasteiger partial charge in [-0.05, 0) is 11.1 Å². The first-order chi connectivity index (χ1) is 6.40. The summed E-state index contributed by atoms with van der Waals surface area (Å²) in [5.41, 5.74) is 2.65. The van der Waals surface area contributed by atoms with Gasteiger partial charge < -0.3 is 4.90 Å². The van der Waals surface area contributed by atoms with Crippen LogP contribution in [0.2, 0.25) is 0 Å². The molecule has 0 unspecified atom stereocenters. The smallest absolute Gasteiger partial charge is 0.207 e. The van der Waals surface area contributed by atoms with Gasteiger partial charge in [-0.25, -0.2) is 0 Å². The van der Waals surface area contributed by atoms with Gasteiger partial charge in [-0.15, -0.1) is 0 Å². The fourth-order valence-electron chi connectivity index (χ4n) is 1.55. The van der Waals surface area contributed by atoms with Crippen LogP contribution < -0.4 is 0 Å². The van der Waals surface area contributed by atoms with E-state index in [1.165, 1.54) is 11.1 Å². The summed E-state index contributed by atoms with van der Waals surface area (Å²) < 4.78 is 0. The van der Waals surface area contributed by atoms with Crippen molar-refractivity contribution in [2.75, 3.05) is 0 Å². The van der Waals surface area contributed by atoms with Crippen molar-refractivity contribution in [2.24, 2.45) is 4.99 Å². The lowest BCUT2D eigenvalue weighted by Crippen LogP contribution is -2.12. The molecule has 0 bridgehead atoms. The summed E-state index contributed by atoms with van der Waals surface area (Å²) in [6.45, 7) is 1.72. The SMILES string of the molecule is N#CN=CN1Cc2ccccc2C1. The molecule has 3 nitrogen and oxygen atoms in total. The molecule has 0 aromatic heterocycles. The molecular formula is C10H9N3. The maximum Gasteiger partial charge on any atom is 0.207 e. The lowest BCUT2D eigenvalue weighted by molar-refractivity contribution is 0.462. The highest BCUT2D eigenvalue weighted by atomic mass is 15.2. The number of hydrogen-bond donors (Lipinski definition) is 0. The Bertz CT molecular complexity index is 351. The zero-order valence-corrected chi connectivity index (χ0v) is 7.14. The first-order valence-electron chi connectivity index (χ1n) is 4.13. The summed E-state index contributed by atoms with van der Waals surface area (Å²) in [7, 11) is 0. The van der Waals surface area contributed by atoms with E-state index in [4.69, 9.17) is 5.26 Å². The molecular weight excluding hydrogens is 162 g/mol. The number of benzene rings is 1. The fourth-order valence-corrected chi connectivity index (χ4v) is 1.55. The van der Waals surface area contributed by atoms with E-state index in [-0.39, 0.29) is 0 Å². The van der Waals surface area contributed by atoms with Crippen LogP contribution in [0.15, 0.2) is 29.3 Å². The lowest BCUT2D eigenvalue weighted by atomic mass is 10.1. The molecule has 13 heavy (non-hydrogen) atoms. The van der Waals surface area contributed by atoms with E-state index < -0.39 is 0 Å². The molecule has 64 valence electrons. The van der Waals surface area contributed by atoms with E-state index >= 15 is 0 Å². The minimum Gasteiger partial charge on any atom is -0.353 e. The Labute approximate surface area is 76.9 Å². The standard InChI is InChI=1S/C10H9N3/c11-7-12-8-13-5-9-3-1-2-4-10(9)6-13/h1-4,8H,5-6H2. The molecule has 0 fully saturated rings. The van der Waals surface area contributed by atoms with Gasteiger partial charge in [-0.1, -0.05) is 24.3 Å². The van der Waals surface area contributed by atoms with Crippen LogP contribution in [-0.2, 0) is 13.1 Å². The topological polar surface area (TPSA) is 39.4 Å². The van der Waals surface area contributed by atoms with Gasteiger partial charge in [-0.2, -0.15) is 10.3 Å². The minimum atomic E-state index is 0.862. The zero-order valence-electron chi connectivity index (χ0n) is 7.14. The van der Waals surface area contributed by atoms with E-state index in [0.29, 0.717) is 0 Å². The molecule has 0 amide bonds. The summed E-state index contributed by atoms with van der Waals surface area (Å²) in [5.74, 6) is 0. The predicted molar refractivity (Wildman–Crippen MR) is 49.8 cm³/mol. The summed E-state index contributed by atoms with van der Waals surface area (Å²) >= 11 is 0. The van der Waals surface area contributed by atoms with Crippen molar-refractivity contribution in [1.29, 1.82) is 5.26 Å². The first kappa shape index (κ1) is 7.81. The van der Waals surface area contributed by atoms with Gasteiger partial charge >= 0.3 is 0 Å². The first-order valence-corrected chi connectivity index (χ1v) is 4.13. The Kier molecular flexibility index (Phi) is 1.97. The largest absolute Gasteiger partial charge is 0.353 e. The number of rotatable bonds is 1. The van der Waals surface area contributed by atoms with E-state index in [2.05, 4.69) is 17.1 Å². The minimum absolute atomic E-state index is 0.862. The molecule has 0 spiro atoms. The predicted octanol–water partition coefficient (Wildman–Crippen LogP) is 1.51. The summed E-state index contributed by atoms with van der Waals surface area (Å²) in [5, 5.41) is 8.27. The zero-order chi connectivity index (χ0) is 9.10. The monoisotopic (exact) mass is 171 g/mol. The second-order valence-corrected chi connectivity index (χ2v) is 3.02. The maximum absolute atomic E-state index is 8.27. The fraction of sp³-hybridized carbons (Fsp3) is 0.200. The van der Waals surface area contributed by atoms with Crippen LogP contribution in [0.25, 0.3) is 0 Å². The molecule has 1 aromatic rings. The highest BCUT2D eigenvalue weighted by molar-refractivity contribution is 5.58. The molecule has 0 aliphatic carbocycles. The molecule has 1 aromatic carbocycles. The van der Waals surface area contributed by atoms with Gasteiger partial charge in [0.1, 0.15) is 6.34 Å². The third kappa shape index (κ3) is 1.52. The van der Waals surface area contributed by atoms with Gasteiger partial charge in [0.25, 0.3) is 0 Å². The molecule has 0 N–H and O–H groups in total. The van der Waals surface area contributed by atoms with Crippen LogP contribution in [-0.4, -0.2) is 11.2 Å². The Hall–Kier alpha value is -1.82. The molecule has 1 heterocycles. The average Bonchev–Trinajstić information content (AvgIpc) is 2.57. The van der Waals surface area contributed by atoms with Crippen molar-refractivity contribution in [2.45, 2.75) is 13.1 Å². The van der Waals surface area contributed by atoms with Crippen LogP contribution >= 0.6 is 0 Å². The van der Waals surface area contributed by atoms with Gasteiger partial charge in [0.2, 0.25) is 6.19 Å². The van der Waals surface area contributed by atoms with Crippen LogP contribution in [0.5, 0.6) is 0 Å². The van der Waals surface area contributed by atoms with Crippen LogP contribution in [0.1, 0.15) is 11.1 Å². The van der Waals surface area contributed by atoms with Gasteiger partial charge in [0.05, 0.1) is 0 Å². The lowest BCUT2D eigenvalue weighted by Gasteiger charge is -2.07.